The van der Waals surface area contributed by atoms with Gasteiger partial charge in [0, 0.05) is 23.9 Å². The van der Waals surface area contributed by atoms with Gasteiger partial charge >= 0.3 is 0 Å². The summed E-state index contributed by atoms with van der Waals surface area (Å²) in [6.45, 7) is -0.212. The summed E-state index contributed by atoms with van der Waals surface area (Å²) < 4.78 is 25.8. The minimum Gasteiger partial charge on any atom is -0.375 e. The molecule has 9 heteroatoms. The molecule has 120 valence electrons. The number of nitrogens with one attached hydrogen (secondary N) is 2. The summed E-state index contributed by atoms with van der Waals surface area (Å²) in [5, 5.41) is 15.7. The third-order valence-corrected chi connectivity index (χ3v) is 3.12. The molecule has 0 radical (unpaired) electrons. The molecule has 2 rings (SSSR count). The minimum absolute atomic E-state index is 0.0832. The summed E-state index contributed by atoms with van der Waals surface area (Å²) in [5.74, 6) is -2.61. The number of benzene rings is 2. The van der Waals surface area contributed by atoms with Crippen molar-refractivity contribution in [2.45, 2.75) is 0 Å². The monoisotopic (exact) mass is 341 g/mol. The van der Waals surface area contributed by atoms with E-state index in [1.807, 2.05) is 0 Å². The normalized spacial score (nSPS) is 10.2. The predicted octanol–water partition coefficient (Wildman–Crippen LogP) is 3.58. The van der Waals surface area contributed by atoms with Crippen molar-refractivity contribution in [2.75, 3.05) is 17.2 Å². The average molecular weight is 342 g/mol. The van der Waals surface area contributed by atoms with Gasteiger partial charge in [0.1, 0.15) is 0 Å². The number of amides is 1. The van der Waals surface area contributed by atoms with Crippen LogP contribution in [0.3, 0.4) is 0 Å². The van der Waals surface area contributed by atoms with Crippen molar-refractivity contribution >= 4 is 34.6 Å². The third kappa shape index (κ3) is 4.36. The molecule has 2 aromatic rings. The van der Waals surface area contributed by atoms with Gasteiger partial charge in [-0.3, -0.25) is 14.9 Å². The maximum atomic E-state index is 13.0. The summed E-state index contributed by atoms with van der Waals surface area (Å²) in [7, 11) is 0. The highest BCUT2D eigenvalue weighted by Gasteiger charge is 2.11. The summed E-state index contributed by atoms with van der Waals surface area (Å²) in [5.41, 5.74) is 0.259. The zero-order valence-electron chi connectivity index (χ0n) is 11.5. The Labute approximate surface area is 134 Å². The number of nitrogens with zero attached hydrogens (tertiary/aromatic N) is 1. The number of carbonyl (C=O) groups is 1. The number of hydrogen-bond donors (Lipinski definition) is 2. The van der Waals surface area contributed by atoms with Crippen molar-refractivity contribution in [3.63, 3.8) is 0 Å². The van der Waals surface area contributed by atoms with Crippen molar-refractivity contribution in [1.29, 1.82) is 0 Å². The third-order valence-electron chi connectivity index (χ3n) is 2.81. The van der Waals surface area contributed by atoms with Gasteiger partial charge in [-0.05, 0) is 18.2 Å². The van der Waals surface area contributed by atoms with Gasteiger partial charge in [-0.2, -0.15) is 0 Å². The van der Waals surface area contributed by atoms with E-state index in [2.05, 4.69) is 10.6 Å². The van der Waals surface area contributed by atoms with Gasteiger partial charge in [0.15, 0.2) is 11.6 Å². The molecule has 0 saturated heterocycles. The number of nitro groups is 1. The standard InChI is InChI=1S/C14H10ClF2N3O3/c15-10-6-9(20(22)23)2-4-13(10)18-7-14(21)19-8-1-3-11(16)12(17)5-8/h1-6,18H,7H2,(H,19,21). The number of nitro benzene ring substituents is 1. The van der Waals surface area contributed by atoms with Gasteiger partial charge in [0.05, 0.1) is 22.2 Å². The molecule has 0 aromatic heterocycles. The quantitative estimate of drug-likeness (QED) is 0.643. The molecule has 2 aromatic carbocycles. The van der Waals surface area contributed by atoms with Crippen LogP contribution in [0.5, 0.6) is 0 Å². The maximum Gasteiger partial charge on any atom is 0.271 e. The molecule has 0 spiro atoms. The largest absolute Gasteiger partial charge is 0.375 e. The van der Waals surface area contributed by atoms with Crippen molar-refractivity contribution < 1.29 is 18.5 Å². The van der Waals surface area contributed by atoms with Crippen molar-refractivity contribution in [3.8, 4) is 0 Å². The Kier molecular flexibility index (Phi) is 5.07. The molecule has 1 amide bonds. The molecule has 2 N–H and O–H groups in total. The number of hydrogen-bond acceptors (Lipinski definition) is 4. The Hall–Kier alpha value is -2.74. The first-order chi connectivity index (χ1) is 10.9. The zero-order valence-corrected chi connectivity index (χ0v) is 12.2. The first kappa shape index (κ1) is 16.6. The molecule has 0 aliphatic rings. The van der Waals surface area contributed by atoms with E-state index in [1.54, 1.807) is 0 Å². The molecular formula is C14H10ClF2N3O3. The highest BCUT2D eigenvalue weighted by Crippen LogP contribution is 2.26. The van der Waals surface area contributed by atoms with E-state index >= 15 is 0 Å². The van der Waals surface area contributed by atoms with Gasteiger partial charge < -0.3 is 10.6 Å². The van der Waals surface area contributed by atoms with Gasteiger partial charge in [-0.15, -0.1) is 0 Å². The molecular weight excluding hydrogens is 332 g/mol. The lowest BCUT2D eigenvalue weighted by Crippen LogP contribution is -2.22. The maximum absolute atomic E-state index is 13.0. The molecule has 0 atom stereocenters. The molecule has 0 unspecified atom stereocenters. The summed E-state index contributed by atoms with van der Waals surface area (Å²) in [6.07, 6.45) is 0. The number of anilines is 2. The molecule has 0 heterocycles. The fraction of sp³-hybridized carbons (Fsp3) is 0.0714. The Balaban J connectivity index is 1.96. The molecule has 23 heavy (non-hydrogen) atoms. The number of rotatable bonds is 5. The first-order valence-electron chi connectivity index (χ1n) is 6.29. The average Bonchev–Trinajstić information content (AvgIpc) is 2.49. The molecule has 0 aliphatic carbocycles. The smallest absolute Gasteiger partial charge is 0.271 e. The lowest BCUT2D eigenvalue weighted by atomic mass is 10.2. The Morgan fingerprint density at radius 1 is 1.17 bits per heavy atom. The first-order valence-corrected chi connectivity index (χ1v) is 6.67. The van der Waals surface area contributed by atoms with Crippen molar-refractivity contribution in [1.82, 2.24) is 0 Å². The van der Waals surface area contributed by atoms with Gasteiger partial charge in [0.2, 0.25) is 5.91 Å². The zero-order chi connectivity index (χ0) is 17.0. The SMILES string of the molecule is O=C(CNc1ccc([N+](=O)[O-])cc1Cl)Nc1ccc(F)c(F)c1. The van der Waals surface area contributed by atoms with E-state index in [1.165, 1.54) is 18.2 Å². The number of carbonyl (C=O) groups excluding carboxylic acids is 1. The summed E-state index contributed by atoms with van der Waals surface area (Å²) >= 11 is 5.87. The van der Waals surface area contributed by atoms with Crippen LogP contribution >= 0.6 is 11.6 Å². The Morgan fingerprint density at radius 3 is 2.52 bits per heavy atom. The van der Waals surface area contributed by atoms with Crippen LogP contribution in [-0.2, 0) is 4.79 Å². The molecule has 0 bridgehead atoms. The second-order valence-corrected chi connectivity index (χ2v) is 4.86. The minimum atomic E-state index is -1.07. The van der Waals surface area contributed by atoms with Gasteiger partial charge in [-0.25, -0.2) is 8.78 Å². The van der Waals surface area contributed by atoms with E-state index < -0.39 is 22.5 Å². The van der Waals surface area contributed by atoms with E-state index in [9.17, 15) is 23.7 Å². The van der Waals surface area contributed by atoms with Crippen LogP contribution < -0.4 is 10.6 Å². The fourth-order valence-electron chi connectivity index (χ4n) is 1.72. The molecule has 0 aliphatic heterocycles. The highest BCUT2D eigenvalue weighted by atomic mass is 35.5. The van der Waals surface area contributed by atoms with Crippen LogP contribution in [0, 0.1) is 21.7 Å². The fourth-order valence-corrected chi connectivity index (χ4v) is 1.96. The van der Waals surface area contributed by atoms with E-state index in [4.69, 9.17) is 11.6 Å². The topological polar surface area (TPSA) is 84.3 Å². The van der Waals surface area contributed by atoms with Crippen LogP contribution in [0.25, 0.3) is 0 Å². The van der Waals surface area contributed by atoms with Crippen LogP contribution in [0.15, 0.2) is 36.4 Å². The summed E-state index contributed by atoms with van der Waals surface area (Å²) in [6, 6.07) is 6.72. The van der Waals surface area contributed by atoms with Crippen molar-refractivity contribution in [2.24, 2.45) is 0 Å². The number of halogens is 3. The van der Waals surface area contributed by atoms with Crippen molar-refractivity contribution in [3.05, 3.63) is 63.2 Å². The van der Waals surface area contributed by atoms with Crippen LogP contribution in [-0.4, -0.2) is 17.4 Å². The molecule has 0 fully saturated rings. The molecule has 6 nitrogen and oxygen atoms in total. The van der Waals surface area contributed by atoms with Crippen LogP contribution in [0.2, 0.25) is 5.02 Å². The van der Waals surface area contributed by atoms with Crippen LogP contribution in [0.1, 0.15) is 0 Å². The second kappa shape index (κ2) is 7.01. The van der Waals surface area contributed by atoms with Gasteiger partial charge in [0.25, 0.3) is 5.69 Å². The Morgan fingerprint density at radius 2 is 1.91 bits per heavy atom. The van der Waals surface area contributed by atoms with Crippen LogP contribution in [0.4, 0.5) is 25.8 Å². The van der Waals surface area contributed by atoms with E-state index in [0.717, 1.165) is 18.2 Å². The van der Waals surface area contributed by atoms with Gasteiger partial charge in [-0.1, -0.05) is 11.6 Å². The number of non-ortho nitro benzene ring substituents is 1. The molecule has 0 saturated carbocycles. The summed E-state index contributed by atoms with van der Waals surface area (Å²) in [4.78, 5) is 21.7. The predicted molar refractivity (Wildman–Crippen MR) is 81.6 cm³/mol. The lowest BCUT2D eigenvalue weighted by Gasteiger charge is -2.09. The Bertz CT molecular complexity index is 771. The highest BCUT2D eigenvalue weighted by molar-refractivity contribution is 6.33. The van der Waals surface area contributed by atoms with E-state index in [0.29, 0.717) is 5.69 Å². The lowest BCUT2D eigenvalue weighted by molar-refractivity contribution is -0.384. The second-order valence-electron chi connectivity index (χ2n) is 4.45. The van der Waals surface area contributed by atoms with E-state index in [-0.39, 0.29) is 22.9 Å².